The summed E-state index contributed by atoms with van der Waals surface area (Å²) in [5.41, 5.74) is 14.8. The van der Waals surface area contributed by atoms with Gasteiger partial charge in [-0.3, -0.25) is 4.52 Å². The van der Waals surface area contributed by atoms with Crippen LogP contribution in [0.3, 0.4) is 0 Å². The number of nitrogens with zero attached hydrogens (tertiary/aromatic N) is 3. The van der Waals surface area contributed by atoms with Gasteiger partial charge in [-0.25, -0.2) is 4.57 Å². The molecule has 0 aliphatic rings. The van der Waals surface area contributed by atoms with E-state index in [-0.39, 0.29) is 31.1 Å². The van der Waals surface area contributed by atoms with Gasteiger partial charge in [-0.2, -0.15) is 15.0 Å². The van der Waals surface area contributed by atoms with Crippen LogP contribution in [-0.2, 0) is 9.09 Å². The SMILES string of the molecule is CC(C)(CO)COP(=O)(O)O.Nc1nc(N)nc(N)n1. The van der Waals surface area contributed by atoms with E-state index in [1.54, 1.807) is 13.8 Å². The fourth-order valence-corrected chi connectivity index (χ4v) is 1.25. The van der Waals surface area contributed by atoms with Crippen LogP contribution in [0.5, 0.6) is 0 Å². The number of phosphoric ester groups is 1. The molecule has 0 radical (unpaired) electrons. The smallest absolute Gasteiger partial charge is 0.396 e. The third kappa shape index (κ3) is 9.42. The van der Waals surface area contributed by atoms with Crippen molar-refractivity contribution in [3.63, 3.8) is 0 Å². The highest BCUT2D eigenvalue weighted by atomic mass is 31.2. The lowest BCUT2D eigenvalue weighted by atomic mass is 9.97. The Labute approximate surface area is 115 Å². The van der Waals surface area contributed by atoms with E-state index in [2.05, 4.69) is 19.5 Å². The minimum atomic E-state index is -4.39. The molecule has 0 fully saturated rings. The summed E-state index contributed by atoms with van der Waals surface area (Å²) in [5, 5.41) is 8.66. The molecule has 1 aromatic rings. The summed E-state index contributed by atoms with van der Waals surface area (Å²) in [6.45, 7) is 2.95. The Kier molecular flexibility index (Phi) is 6.76. The maximum absolute atomic E-state index is 10.2. The van der Waals surface area contributed by atoms with Crippen LogP contribution in [-0.4, -0.2) is 43.1 Å². The van der Waals surface area contributed by atoms with Gasteiger partial charge in [0.15, 0.2) is 0 Å². The molecule has 0 amide bonds. The van der Waals surface area contributed by atoms with Crippen LogP contribution in [0.1, 0.15) is 13.8 Å². The predicted molar refractivity (Wildman–Crippen MR) is 71.9 cm³/mol. The van der Waals surface area contributed by atoms with Crippen molar-refractivity contribution >= 4 is 25.7 Å². The molecule has 0 saturated carbocycles. The summed E-state index contributed by atoms with van der Waals surface area (Å²) < 4.78 is 14.4. The van der Waals surface area contributed by atoms with Gasteiger partial charge in [-0.1, -0.05) is 13.8 Å². The van der Waals surface area contributed by atoms with Crippen LogP contribution in [0.2, 0.25) is 0 Å². The number of aromatic nitrogens is 3. The van der Waals surface area contributed by atoms with E-state index in [4.69, 9.17) is 32.1 Å². The summed E-state index contributed by atoms with van der Waals surface area (Å²) in [7, 11) is -4.39. The number of rotatable bonds is 4. The number of phosphoric acid groups is 1. The molecule has 1 aromatic heterocycles. The summed E-state index contributed by atoms with van der Waals surface area (Å²) in [6, 6.07) is 0. The van der Waals surface area contributed by atoms with Gasteiger partial charge >= 0.3 is 7.82 Å². The molecule has 0 aliphatic heterocycles. The molecule has 0 unspecified atom stereocenters. The van der Waals surface area contributed by atoms with E-state index < -0.39 is 13.2 Å². The lowest BCUT2D eigenvalue weighted by Crippen LogP contribution is -2.22. The Morgan fingerprint density at radius 1 is 1.10 bits per heavy atom. The maximum Gasteiger partial charge on any atom is 0.469 e. The zero-order valence-corrected chi connectivity index (χ0v) is 12.0. The average Bonchev–Trinajstić information content (AvgIpc) is 2.25. The second kappa shape index (κ2) is 7.31. The normalized spacial score (nSPS) is 11.7. The van der Waals surface area contributed by atoms with E-state index in [1.165, 1.54) is 0 Å². The Bertz CT molecular complexity index is 428. The number of aliphatic hydroxyl groups excluding tert-OH is 1. The first kappa shape index (κ1) is 18.5. The van der Waals surface area contributed by atoms with Gasteiger partial charge in [-0.15, -0.1) is 0 Å². The second-order valence-corrected chi connectivity index (χ2v) is 5.74. The van der Waals surface area contributed by atoms with E-state index in [0.29, 0.717) is 0 Å². The van der Waals surface area contributed by atoms with E-state index in [9.17, 15) is 4.57 Å². The summed E-state index contributed by atoms with van der Waals surface area (Å²) in [5.74, 6) is 0.125. The molecule has 116 valence electrons. The first-order chi connectivity index (χ1) is 8.95. The van der Waals surface area contributed by atoms with Crippen molar-refractivity contribution in [2.24, 2.45) is 5.41 Å². The van der Waals surface area contributed by atoms with Crippen molar-refractivity contribution in [2.45, 2.75) is 13.8 Å². The number of aliphatic hydroxyl groups is 1. The van der Waals surface area contributed by atoms with Gasteiger partial charge in [0.05, 0.1) is 13.2 Å². The minimum Gasteiger partial charge on any atom is -0.396 e. The Morgan fingerprint density at radius 3 is 1.70 bits per heavy atom. The standard InChI is InChI=1S/C5H13O5P.C3H6N6/c1-5(2,3-6)4-10-11(7,8)9;4-1-7-2(5)9-3(6)8-1/h6H,3-4H2,1-2H3,(H2,7,8,9);(H6,4,5,6,7,8,9). The monoisotopic (exact) mass is 310 g/mol. The number of anilines is 3. The molecule has 0 bridgehead atoms. The first-order valence-electron chi connectivity index (χ1n) is 5.28. The molecule has 0 aliphatic carbocycles. The van der Waals surface area contributed by atoms with Crippen molar-refractivity contribution in [1.29, 1.82) is 0 Å². The minimum absolute atomic E-state index is 0.0417. The van der Waals surface area contributed by atoms with E-state index >= 15 is 0 Å². The van der Waals surface area contributed by atoms with Gasteiger partial charge in [-0.05, 0) is 0 Å². The van der Waals surface area contributed by atoms with Gasteiger partial charge in [0.25, 0.3) is 0 Å². The molecule has 11 nitrogen and oxygen atoms in total. The Hall–Kier alpha value is -1.52. The third-order valence-electron chi connectivity index (χ3n) is 1.74. The van der Waals surface area contributed by atoms with Crippen LogP contribution in [0, 0.1) is 5.41 Å². The van der Waals surface area contributed by atoms with Crippen LogP contribution >= 0.6 is 7.82 Å². The van der Waals surface area contributed by atoms with Crippen molar-refractivity contribution in [1.82, 2.24) is 15.0 Å². The number of nitrogens with two attached hydrogens (primary N) is 3. The van der Waals surface area contributed by atoms with Crippen molar-refractivity contribution in [2.75, 3.05) is 30.4 Å². The third-order valence-corrected chi connectivity index (χ3v) is 2.20. The lowest BCUT2D eigenvalue weighted by Gasteiger charge is -2.20. The highest BCUT2D eigenvalue weighted by Crippen LogP contribution is 2.37. The van der Waals surface area contributed by atoms with E-state index in [0.717, 1.165) is 0 Å². The van der Waals surface area contributed by atoms with Crippen LogP contribution in [0.25, 0.3) is 0 Å². The Morgan fingerprint density at radius 2 is 1.45 bits per heavy atom. The highest BCUT2D eigenvalue weighted by molar-refractivity contribution is 7.46. The lowest BCUT2D eigenvalue weighted by molar-refractivity contribution is 0.0771. The second-order valence-electron chi connectivity index (χ2n) is 4.50. The molecule has 9 N–H and O–H groups in total. The predicted octanol–water partition coefficient (Wildman–Crippen LogP) is -1.27. The molecule has 1 heterocycles. The van der Waals surface area contributed by atoms with Gasteiger partial charge in [0.1, 0.15) is 0 Å². The largest absolute Gasteiger partial charge is 0.469 e. The fraction of sp³-hybridized carbons (Fsp3) is 0.625. The van der Waals surface area contributed by atoms with Crippen LogP contribution in [0.15, 0.2) is 0 Å². The molecule has 0 aromatic carbocycles. The van der Waals surface area contributed by atoms with Crippen molar-refractivity contribution in [3.8, 4) is 0 Å². The maximum atomic E-state index is 10.2. The number of nitrogen functional groups attached to an aromatic ring is 3. The van der Waals surface area contributed by atoms with Crippen LogP contribution < -0.4 is 17.2 Å². The molecular formula is C8H19N6O5P. The summed E-state index contributed by atoms with van der Waals surface area (Å²) in [6.07, 6.45) is 0. The summed E-state index contributed by atoms with van der Waals surface area (Å²) in [4.78, 5) is 27.0. The Balaban J connectivity index is 0.000000367. The molecule has 12 heteroatoms. The topological polar surface area (TPSA) is 204 Å². The zero-order valence-electron chi connectivity index (χ0n) is 11.1. The number of hydrogen-bond donors (Lipinski definition) is 6. The van der Waals surface area contributed by atoms with Crippen molar-refractivity contribution < 1.29 is 24.0 Å². The average molecular weight is 310 g/mol. The first-order valence-corrected chi connectivity index (χ1v) is 6.82. The molecule has 0 saturated heterocycles. The zero-order chi connectivity index (χ0) is 16.0. The van der Waals surface area contributed by atoms with Gasteiger partial charge in [0.2, 0.25) is 17.8 Å². The quantitative estimate of drug-likeness (QED) is 0.361. The highest BCUT2D eigenvalue weighted by Gasteiger charge is 2.22. The number of hydrogen-bond acceptors (Lipinski definition) is 9. The molecular weight excluding hydrogens is 291 g/mol. The van der Waals surface area contributed by atoms with Gasteiger partial charge in [0, 0.05) is 5.41 Å². The molecule has 20 heavy (non-hydrogen) atoms. The van der Waals surface area contributed by atoms with E-state index in [1.807, 2.05) is 0 Å². The van der Waals surface area contributed by atoms with Crippen molar-refractivity contribution in [3.05, 3.63) is 0 Å². The molecule has 0 spiro atoms. The van der Waals surface area contributed by atoms with Gasteiger partial charge < -0.3 is 32.1 Å². The fourth-order valence-electron chi connectivity index (χ4n) is 0.732. The molecule has 0 atom stereocenters. The molecule has 1 rings (SSSR count). The summed E-state index contributed by atoms with van der Waals surface area (Å²) >= 11 is 0. The van der Waals surface area contributed by atoms with Crippen LogP contribution in [0.4, 0.5) is 17.8 Å².